The topological polar surface area (TPSA) is 106 Å². The number of aromatic nitrogens is 3. The quantitative estimate of drug-likeness (QED) is 0.613. The summed E-state index contributed by atoms with van der Waals surface area (Å²) in [4.78, 5) is 20.0. The predicted molar refractivity (Wildman–Crippen MR) is 108 cm³/mol. The lowest BCUT2D eigenvalue weighted by Crippen LogP contribution is -2.10. The van der Waals surface area contributed by atoms with Gasteiger partial charge in [-0.1, -0.05) is 24.6 Å². The number of fused-ring (bicyclic) bond motifs is 2. The van der Waals surface area contributed by atoms with Crippen LogP contribution in [0.1, 0.15) is 48.4 Å². The Balaban J connectivity index is 1.54. The van der Waals surface area contributed by atoms with Crippen LogP contribution in [0.25, 0.3) is 5.65 Å². The number of anilines is 1. The van der Waals surface area contributed by atoms with Crippen LogP contribution in [0.15, 0.2) is 41.5 Å². The van der Waals surface area contributed by atoms with Crippen LogP contribution >= 0.6 is 0 Å². The van der Waals surface area contributed by atoms with Crippen molar-refractivity contribution in [3.05, 3.63) is 53.3 Å². The monoisotopic (exact) mass is 377 g/mol. The van der Waals surface area contributed by atoms with E-state index in [1.165, 1.54) is 5.56 Å². The molecular formula is C21H23N5O2. The van der Waals surface area contributed by atoms with Crippen molar-refractivity contribution in [3.8, 4) is 0 Å². The van der Waals surface area contributed by atoms with E-state index < -0.39 is 5.97 Å². The Hall–Kier alpha value is -3.22. The summed E-state index contributed by atoms with van der Waals surface area (Å²) in [6.07, 6.45) is 8.08. The number of aliphatic carboxylic acids is 1. The number of carboxylic acid groups (broad SMARTS) is 1. The minimum Gasteiger partial charge on any atom is -0.481 e. The second-order valence-electron chi connectivity index (χ2n) is 7.18. The number of rotatable bonds is 7. The summed E-state index contributed by atoms with van der Waals surface area (Å²) >= 11 is 0. The lowest BCUT2D eigenvalue weighted by molar-refractivity contribution is -0.137. The highest BCUT2D eigenvalue weighted by Crippen LogP contribution is 2.32. The highest BCUT2D eigenvalue weighted by molar-refractivity contribution is 5.78. The van der Waals surface area contributed by atoms with E-state index in [2.05, 4.69) is 16.2 Å². The van der Waals surface area contributed by atoms with Crippen molar-refractivity contribution in [2.45, 2.75) is 44.4 Å². The highest BCUT2D eigenvalue weighted by Gasteiger charge is 2.21. The summed E-state index contributed by atoms with van der Waals surface area (Å²) in [6.45, 7) is 0. The molecule has 0 amide bonds. The van der Waals surface area contributed by atoms with Crippen molar-refractivity contribution in [1.29, 1.82) is 0 Å². The minimum atomic E-state index is -0.747. The molecule has 3 N–H and O–H groups in total. The normalized spacial score (nSPS) is 15.6. The van der Waals surface area contributed by atoms with Gasteiger partial charge in [-0.2, -0.15) is 9.61 Å². The van der Waals surface area contributed by atoms with Crippen molar-refractivity contribution >= 4 is 29.3 Å². The molecule has 0 aliphatic carbocycles. The molecule has 28 heavy (non-hydrogen) atoms. The first kappa shape index (κ1) is 18.2. The van der Waals surface area contributed by atoms with Crippen LogP contribution in [0, 0.1) is 0 Å². The van der Waals surface area contributed by atoms with E-state index in [0.29, 0.717) is 12.2 Å². The number of aliphatic imine (C=N–C) groups is 1. The second-order valence-corrected chi connectivity index (χ2v) is 7.18. The van der Waals surface area contributed by atoms with Crippen LogP contribution in [0.2, 0.25) is 0 Å². The van der Waals surface area contributed by atoms with Gasteiger partial charge in [0, 0.05) is 35.9 Å². The van der Waals surface area contributed by atoms with Gasteiger partial charge in [-0.15, -0.1) is 0 Å². The van der Waals surface area contributed by atoms with Crippen molar-refractivity contribution in [2.75, 3.05) is 5.73 Å². The summed E-state index contributed by atoms with van der Waals surface area (Å²) in [6, 6.07) is 10.0. The molecule has 1 aliphatic rings. The van der Waals surface area contributed by atoms with Gasteiger partial charge in [0.2, 0.25) is 0 Å². The summed E-state index contributed by atoms with van der Waals surface area (Å²) in [5, 5.41) is 13.1. The molecule has 0 bridgehead atoms. The van der Waals surface area contributed by atoms with Crippen molar-refractivity contribution in [3.63, 3.8) is 0 Å². The zero-order chi connectivity index (χ0) is 19.5. The molecule has 0 radical (unpaired) electrons. The first-order chi connectivity index (χ1) is 13.6. The Bertz CT molecular complexity index is 1040. The Morgan fingerprint density at radius 3 is 2.96 bits per heavy atom. The Labute approximate surface area is 162 Å². The average Bonchev–Trinajstić information content (AvgIpc) is 3.11. The summed E-state index contributed by atoms with van der Waals surface area (Å²) in [7, 11) is 0. The number of aryl methyl sites for hydroxylation is 1. The summed E-state index contributed by atoms with van der Waals surface area (Å²) in [5.74, 6) is -0.0709. The van der Waals surface area contributed by atoms with Gasteiger partial charge in [0.15, 0.2) is 5.65 Å². The van der Waals surface area contributed by atoms with Gasteiger partial charge in [-0.25, -0.2) is 4.98 Å². The van der Waals surface area contributed by atoms with Crippen molar-refractivity contribution < 1.29 is 9.90 Å². The SMILES string of the molecule is Nc1cc(CCCCCC(=O)O)nc2c(C3C=Nc4ccccc4C3)cnn12. The number of nitrogens with two attached hydrogens (primary N) is 1. The molecule has 7 nitrogen and oxygen atoms in total. The van der Waals surface area contributed by atoms with Gasteiger partial charge in [-0.05, 0) is 37.3 Å². The van der Waals surface area contributed by atoms with Gasteiger partial charge < -0.3 is 10.8 Å². The molecule has 1 aromatic carbocycles. The molecule has 3 aromatic rings. The van der Waals surface area contributed by atoms with Crippen molar-refractivity contribution in [2.24, 2.45) is 4.99 Å². The number of benzene rings is 1. The fraction of sp³-hybridized carbons (Fsp3) is 0.333. The zero-order valence-electron chi connectivity index (χ0n) is 15.6. The molecule has 1 aliphatic heterocycles. The third kappa shape index (κ3) is 3.74. The molecule has 1 atom stereocenters. The van der Waals surface area contributed by atoms with E-state index in [4.69, 9.17) is 15.8 Å². The maximum Gasteiger partial charge on any atom is 0.303 e. The summed E-state index contributed by atoms with van der Waals surface area (Å²) in [5.41, 5.74) is 11.1. The maximum atomic E-state index is 10.6. The van der Waals surface area contributed by atoms with Gasteiger partial charge >= 0.3 is 5.97 Å². The molecule has 0 saturated carbocycles. The van der Waals surface area contributed by atoms with Crippen LogP contribution in [-0.4, -0.2) is 31.9 Å². The van der Waals surface area contributed by atoms with Crippen LogP contribution in [0.3, 0.4) is 0 Å². The van der Waals surface area contributed by atoms with Crippen LogP contribution in [-0.2, 0) is 17.6 Å². The second kappa shape index (κ2) is 7.80. The number of unbranched alkanes of at least 4 members (excludes halogenated alkanes) is 2. The molecule has 1 unspecified atom stereocenters. The first-order valence-electron chi connectivity index (χ1n) is 9.59. The van der Waals surface area contributed by atoms with Crippen molar-refractivity contribution in [1.82, 2.24) is 14.6 Å². The number of hydrogen-bond donors (Lipinski definition) is 2. The molecule has 0 fully saturated rings. The largest absolute Gasteiger partial charge is 0.481 e. The number of carbonyl (C=O) groups is 1. The van der Waals surface area contributed by atoms with E-state index in [1.54, 1.807) is 4.52 Å². The van der Waals surface area contributed by atoms with Crippen LogP contribution in [0.4, 0.5) is 11.5 Å². The van der Waals surface area contributed by atoms with E-state index in [0.717, 1.165) is 48.3 Å². The fourth-order valence-electron chi connectivity index (χ4n) is 3.66. The molecule has 7 heteroatoms. The Morgan fingerprint density at radius 2 is 2.11 bits per heavy atom. The number of nitrogens with zero attached hydrogens (tertiary/aromatic N) is 4. The predicted octanol–water partition coefficient (Wildman–Crippen LogP) is 3.54. The highest BCUT2D eigenvalue weighted by atomic mass is 16.4. The summed E-state index contributed by atoms with van der Waals surface area (Å²) < 4.78 is 1.68. The molecule has 144 valence electrons. The molecule has 4 rings (SSSR count). The smallest absolute Gasteiger partial charge is 0.303 e. The number of hydrogen-bond acceptors (Lipinski definition) is 5. The third-order valence-corrected chi connectivity index (χ3v) is 5.13. The molecule has 3 heterocycles. The fourth-order valence-corrected chi connectivity index (χ4v) is 3.66. The van der Waals surface area contributed by atoms with Gasteiger partial charge in [0.25, 0.3) is 0 Å². The van der Waals surface area contributed by atoms with Gasteiger partial charge in [0.1, 0.15) is 5.82 Å². The number of nitrogen functional groups attached to an aromatic ring is 1. The molecular weight excluding hydrogens is 354 g/mol. The first-order valence-corrected chi connectivity index (χ1v) is 9.59. The van der Waals surface area contributed by atoms with Gasteiger partial charge in [-0.3, -0.25) is 9.79 Å². The Kier molecular flexibility index (Phi) is 5.06. The average molecular weight is 377 g/mol. The minimum absolute atomic E-state index is 0.116. The number of para-hydroxylation sites is 1. The van der Waals surface area contributed by atoms with E-state index in [9.17, 15) is 4.79 Å². The van der Waals surface area contributed by atoms with Crippen LogP contribution < -0.4 is 5.73 Å². The van der Waals surface area contributed by atoms with Crippen LogP contribution in [0.5, 0.6) is 0 Å². The molecule has 0 saturated heterocycles. The standard InChI is InChI=1S/C21H23N5O2/c22-19-11-16(7-2-1-3-9-20(27)28)25-21-17(13-24-26(19)21)15-10-14-6-4-5-8-18(14)23-12-15/h4-6,8,11-13,15H,1-3,7,9-10,22H2,(H,27,28). The lowest BCUT2D eigenvalue weighted by atomic mass is 9.92. The van der Waals surface area contributed by atoms with E-state index >= 15 is 0 Å². The zero-order valence-corrected chi connectivity index (χ0v) is 15.6. The molecule has 2 aromatic heterocycles. The third-order valence-electron chi connectivity index (χ3n) is 5.13. The Morgan fingerprint density at radius 1 is 1.25 bits per heavy atom. The maximum absolute atomic E-state index is 10.6. The van der Waals surface area contributed by atoms with E-state index in [-0.39, 0.29) is 12.3 Å². The van der Waals surface area contributed by atoms with E-state index in [1.807, 2.05) is 36.7 Å². The lowest BCUT2D eigenvalue weighted by Gasteiger charge is -2.17. The van der Waals surface area contributed by atoms with Gasteiger partial charge in [0.05, 0.1) is 11.9 Å². The number of carboxylic acids is 1. The molecule has 0 spiro atoms.